The Bertz CT molecular complexity index is 238. The second-order valence-electron chi connectivity index (χ2n) is 3.00. The van der Waals surface area contributed by atoms with Crippen LogP contribution < -0.4 is 4.74 Å². The molecule has 1 aromatic rings. The first kappa shape index (κ1) is 13.4. The van der Waals surface area contributed by atoms with Crippen molar-refractivity contribution in [3.8, 4) is 5.06 Å². The van der Waals surface area contributed by atoms with Crippen LogP contribution >= 0.6 is 11.3 Å². The Morgan fingerprint density at radius 3 is 2.31 bits per heavy atom. The zero-order valence-corrected chi connectivity index (χ0v) is 10.3. The lowest BCUT2D eigenvalue weighted by Gasteiger charge is -2.06. The SMILES string of the molecule is COCCOCCOCCOc1cccs1. The minimum Gasteiger partial charge on any atom is -0.482 e. The van der Waals surface area contributed by atoms with Gasteiger partial charge in [0.15, 0.2) is 5.06 Å². The van der Waals surface area contributed by atoms with Crippen LogP contribution in [0.4, 0.5) is 0 Å². The standard InChI is InChI=1S/C11H18O4S/c1-12-4-5-13-6-7-14-8-9-15-11-3-2-10-16-11/h2-3,10H,4-9H2,1H3. The van der Waals surface area contributed by atoms with Crippen molar-refractivity contribution in [1.29, 1.82) is 0 Å². The van der Waals surface area contributed by atoms with E-state index in [9.17, 15) is 0 Å². The second kappa shape index (κ2) is 9.59. The molecule has 0 amide bonds. The molecule has 0 radical (unpaired) electrons. The zero-order chi connectivity index (χ0) is 11.5. The quantitative estimate of drug-likeness (QED) is 0.590. The van der Waals surface area contributed by atoms with Gasteiger partial charge in [0, 0.05) is 7.11 Å². The van der Waals surface area contributed by atoms with Crippen LogP contribution in [0.3, 0.4) is 0 Å². The van der Waals surface area contributed by atoms with Gasteiger partial charge in [0.1, 0.15) is 6.61 Å². The van der Waals surface area contributed by atoms with Crippen LogP contribution in [-0.4, -0.2) is 46.8 Å². The number of hydrogen-bond acceptors (Lipinski definition) is 5. The fraction of sp³-hybridized carbons (Fsp3) is 0.636. The first-order valence-electron chi connectivity index (χ1n) is 5.24. The van der Waals surface area contributed by atoms with Crippen LogP contribution in [0.5, 0.6) is 5.06 Å². The van der Waals surface area contributed by atoms with Crippen molar-refractivity contribution in [2.45, 2.75) is 0 Å². The monoisotopic (exact) mass is 246 g/mol. The van der Waals surface area contributed by atoms with E-state index in [0.29, 0.717) is 39.6 Å². The molecule has 0 aliphatic rings. The third-order valence-corrected chi connectivity index (χ3v) is 2.55. The topological polar surface area (TPSA) is 36.9 Å². The lowest BCUT2D eigenvalue weighted by atomic mass is 10.6. The molecule has 0 atom stereocenters. The number of thiophene rings is 1. The molecule has 0 aromatic carbocycles. The molecule has 1 aromatic heterocycles. The molecule has 0 fully saturated rings. The molecule has 5 heteroatoms. The summed E-state index contributed by atoms with van der Waals surface area (Å²) in [5.41, 5.74) is 0. The van der Waals surface area contributed by atoms with Crippen molar-refractivity contribution in [2.75, 3.05) is 46.8 Å². The van der Waals surface area contributed by atoms with Gasteiger partial charge < -0.3 is 18.9 Å². The summed E-state index contributed by atoms with van der Waals surface area (Å²) in [7, 11) is 1.65. The lowest BCUT2D eigenvalue weighted by molar-refractivity contribution is 0.0182. The van der Waals surface area contributed by atoms with Gasteiger partial charge in [0.25, 0.3) is 0 Å². The molecule has 1 heterocycles. The van der Waals surface area contributed by atoms with Gasteiger partial charge in [-0.05, 0) is 17.5 Å². The fourth-order valence-corrected chi connectivity index (χ4v) is 1.61. The first-order valence-corrected chi connectivity index (χ1v) is 6.12. The van der Waals surface area contributed by atoms with E-state index >= 15 is 0 Å². The van der Waals surface area contributed by atoms with Gasteiger partial charge in [-0.15, -0.1) is 11.3 Å². The summed E-state index contributed by atoms with van der Waals surface area (Å²) in [6, 6.07) is 3.91. The largest absolute Gasteiger partial charge is 0.482 e. The number of rotatable bonds is 10. The molecule has 4 nitrogen and oxygen atoms in total. The van der Waals surface area contributed by atoms with Crippen LogP contribution in [0, 0.1) is 0 Å². The van der Waals surface area contributed by atoms with E-state index < -0.39 is 0 Å². The summed E-state index contributed by atoms with van der Waals surface area (Å²) in [6.07, 6.45) is 0. The smallest absolute Gasteiger partial charge is 0.173 e. The summed E-state index contributed by atoms with van der Waals surface area (Å²) < 4.78 is 20.8. The lowest BCUT2D eigenvalue weighted by Crippen LogP contribution is -2.12. The molecule has 0 unspecified atom stereocenters. The van der Waals surface area contributed by atoms with Crippen LogP contribution in [0.2, 0.25) is 0 Å². The van der Waals surface area contributed by atoms with E-state index in [1.165, 1.54) is 0 Å². The Labute approximate surface area is 100 Å². The van der Waals surface area contributed by atoms with Crippen molar-refractivity contribution < 1.29 is 18.9 Å². The van der Waals surface area contributed by atoms with Gasteiger partial charge in [-0.3, -0.25) is 0 Å². The van der Waals surface area contributed by atoms with Gasteiger partial charge in [0.05, 0.1) is 33.0 Å². The van der Waals surface area contributed by atoms with Crippen molar-refractivity contribution in [3.63, 3.8) is 0 Å². The molecular weight excluding hydrogens is 228 g/mol. The average molecular weight is 246 g/mol. The van der Waals surface area contributed by atoms with E-state index in [2.05, 4.69) is 0 Å². The van der Waals surface area contributed by atoms with Crippen molar-refractivity contribution >= 4 is 11.3 Å². The maximum Gasteiger partial charge on any atom is 0.173 e. The van der Waals surface area contributed by atoms with E-state index in [-0.39, 0.29) is 0 Å². The van der Waals surface area contributed by atoms with Crippen molar-refractivity contribution in [1.82, 2.24) is 0 Å². The summed E-state index contributed by atoms with van der Waals surface area (Å²) in [5.74, 6) is 0. The summed E-state index contributed by atoms with van der Waals surface area (Å²) >= 11 is 1.58. The summed E-state index contributed by atoms with van der Waals surface area (Å²) in [4.78, 5) is 0. The summed E-state index contributed by atoms with van der Waals surface area (Å²) in [6.45, 7) is 3.61. The van der Waals surface area contributed by atoms with E-state index in [4.69, 9.17) is 18.9 Å². The maximum absolute atomic E-state index is 5.42. The predicted octanol–water partition coefficient (Wildman–Crippen LogP) is 1.81. The molecule has 0 saturated carbocycles. The van der Waals surface area contributed by atoms with Crippen molar-refractivity contribution in [3.05, 3.63) is 17.5 Å². The van der Waals surface area contributed by atoms with Gasteiger partial charge in [-0.2, -0.15) is 0 Å². The van der Waals surface area contributed by atoms with Crippen LogP contribution in [-0.2, 0) is 14.2 Å². The maximum atomic E-state index is 5.42. The molecule has 16 heavy (non-hydrogen) atoms. The molecule has 92 valence electrons. The van der Waals surface area contributed by atoms with Crippen LogP contribution in [0.1, 0.15) is 0 Å². The van der Waals surface area contributed by atoms with Gasteiger partial charge in [0.2, 0.25) is 0 Å². The molecule has 1 rings (SSSR count). The van der Waals surface area contributed by atoms with E-state index in [1.807, 2.05) is 17.5 Å². The predicted molar refractivity (Wildman–Crippen MR) is 63.3 cm³/mol. The molecule has 0 bridgehead atoms. The highest BCUT2D eigenvalue weighted by molar-refractivity contribution is 7.11. The molecular formula is C11H18O4S. The second-order valence-corrected chi connectivity index (χ2v) is 3.91. The molecule has 0 spiro atoms. The third-order valence-electron chi connectivity index (χ3n) is 1.77. The highest BCUT2D eigenvalue weighted by Gasteiger charge is 1.94. The Morgan fingerprint density at radius 2 is 1.69 bits per heavy atom. The van der Waals surface area contributed by atoms with Crippen LogP contribution in [0.15, 0.2) is 17.5 Å². The Morgan fingerprint density at radius 1 is 1.00 bits per heavy atom. The third kappa shape index (κ3) is 6.79. The van der Waals surface area contributed by atoms with E-state index in [0.717, 1.165) is 5.06 Å². The highest BCUT2D eigenvalue weighted by atomic mass is 32.1. The Balaban J connectivity index is 1.78. The minimum absolute atomic E-state index is 0.582. The molecule has 0 aliphatic carbocycles. The summed E-state index contributed by atoms with van der Waals surface area (Å²) in [5, 5.41) is 2.92. The van der Waals surface area contributed by atoms with Gasteiger partial charge >= 0.3 is 0 Å². The zero-order valence-electron chi connectivity index (χ0n) is 9.52. The minimum atomic E-state index is 0.582. The van der Waals surface area contributed by atoms with Crippen molar-refractivity contribution in [2.24, 2.45) is 0 Å². The van der Waals surface area contributed by atoms with Gasteiger partial charge in [-0.25, -0.2) is 0 Å². The normalized spacial score (nSPS) is 10.6. The Kier molecular flexibility index (Phi) is 8.06. The molecule has 0 aliphatic heterocycles. The van der Waals surface area contributed by atoms with Crippen LogP contribution in [0.25, 0.3) is 0 Å². The van der Waals surface area contributed by atoms with E-state index in [1.54, 1.807) is 18.4 Å². The molecule has 0 saturated heterocycles. The first-order chi connectivity index (χ1) is 7.93. The number of methoxy groups -OCH3 is 1. The molecule has 0 N–H and O–H groups in total. The number of ether oxygens (including phenoxy) is 4. The highest BCUT2D eigenvalue weighted by Crippen LogP contribution is 2.17. The Hall–Kier alpha value is -0.620. The fourth-order valence-electron chi connectivity index (χ4n) is 1.01. The average Bonchev–Trinajstić information content (AvgIpc) is 2.80. The number of hydrogen-bond donors (Lipinski definition) is 0. The van der Waals surface area contributed by atoms with Gasteiger partial charge in [-0.1, -0.05) is 0 Å².